The maximum absolute atomic E-state index is 5.96. The molecule has 2 aromatic rings. The van der Waals surface area contributed by atoms with Crippen molar-refractivity contribution < 1.29 is 0 Å². The molecule has 0 atom stereocenters. The summed E-state index contributed by atoms with van der Waals surface area (Å²) in [5, 5.41) is 8.38. The second-order valence-electron chi connectivity index (χ2n) is 4.03. The van der Waals surface area contributed by atoms with Gasteiger partial charge in [-0.2, -0.15) is 5.10 Å². The molecule has 1 aromatic heterocycles. The van der Waals surface area contributed by atoms with Crippen LogP contribution in [0.4, 0.5) is 5.69 Å². The Labute approximate surface area is 120 Å². The van der Waals surface area contributed by atoms with E-state index in [1.54, 1.807) is 0 Å². The maximum atomic E-state index is 5.96. The molecule has 1 N–H and O–H groups in total. The summed E-state index contributed by atoms with van der Waals surface area (Å²) >= 11 is 9.37. The lowest BCUT2D eigenvalue weighted by molar-refractivity contribution is 0.578. The molecule has 18 heavy (non-hydrogen) atoms. The number of nitrogens with zero attached hydrogens (tertiary/aromatic N) is 2. The standard InChI is InChI=1S/C13H15BrClN3/c1-2-7-18-11(5-6-17-18)9-16-10-3-4-13(15)12(14)8-10/h3-6,8,16H,2,7,9H2,1H3. The van der Waals surface area contributed by atoms with Crippen LogP contribution in [0.2, 0.25) is 5.02 Å². The van der Waals surface area contributed by atoms with Gasteiger partial charge < -0.3 is 5.32 Å². The molecule has 96 valence electrons. The summed E-state index contributed by atoms with van der Waals surface area (Å²) in [6, 6.07) is 7.85. The fourth-order valence-corrected chi connectivity index (χ4v) is 2.22. The van der Waals surface area contributed by atoms with Crippen LogP contribution in [0.1, 0.15) is 19.0 Å². The largest absolute Gasteiger partial charge is 0.379 e. The van der Waals surface area contributed by atoms with Crippen LogP contribution in [-0.4, -0.2) is 9.78 Å². The first kappa shape index (κ1) is 13.4. The van der Waals surface area contributed by atoms with Crippen LogP contribution in [0.5, 0.6) is 0 Å². The third-order valence-corrected chi connectivity index (χ3v) is 3.85. The van der Waals surface area contributed by atoms with Crippen LogP contribution in [0, 0.1) is 0 Å². The monoisotopic (exact) mass is 327 g/mol. The Hall–Kier alpha value is -1.000. The summed E-state index contributed by atoms with van der Waals surface area (Å²) in [7, 11) is 0. The van der Waals surface area contributed by atoms with E-state index in [2.05, 4.69) is 33.3 Å². The minimum atomic E-state index is 0.719. The molecular formula is C13H15BrClN3. The zero-order valence-corrected chi connectivity index (χ0v) is 12.5. The third-order valence-electron chi connectivity index (χ3n) is 2.63. The minimum absolute atomic E-state index is 0.719. The first-order valence-electron chi connectivity index (χ1n) is 5.90. The molecule has 1 aromatic carbocycles. The van der Waals surface area contributed by atoms with Gasteiger partial charge in [0, 0.05) is 22.9 Å². The highest BCUT2D eigenvalue weighted by atomic mass is 79.9. The van der Waals surface area contributed by atoms with Crippen LogP contribution >= 0.6 is 27.5 Å². The second-order valence-corrected chi connectivity index (χ2v) is 5.29. The first-order valence-corrected chi connectivity index (χ1v) is 7.07. The highest BCUT2D eigenvalue weighted by molar-refractivity contribution is 9.10. The number of nitrogens with one attached hydrogen (secondary N) is 1. The van der Waals surface area contributed by atoms with E-state index in [0.717, 1.165) is 34.7 Å². The van der Waals surface area contributed by atoms with E-state index in [1.165, 1.54) is 5.69 Å². The number of benzene rings is 1. The van der Waals surface area contributed by atoms with E-state index in [4.69, 9.17) is 11.6 Å². The minimum Gasteiger partial charge on any atom is -0.379 e. The summed E-state index contributed by atoms with van der Waals surface area (Å²) in [6.45, 7) is 3.86. The lowest BCUT2D eigenvalue weighted by Gasteiger charge is -2.09. The van der Waals surface area contributed by atoms with Crippen molar-refractivity contribution in [3.05, 3.63) is 45.7 Å². The SMILES string of the molecule is CCCn1nccc1CNc1ccc(Cl)c(Br)c1. The molecule has 3 nitrogen and oxygen atoms in total. The Morgan fingerprint density at radius 3 is 2.94 bits per heavy atom. The van der Waals surface area contributed by atoms with Gasteiger partial charge in [-0.05, 0) is 46.6 Å². The average Bonchev–Trinajstić information content (AvgIpc) is 2.79. The van der Waals surface area contributed by atoms with Crippen LogP contribution in [0.15, 0.2) is 34.9 Å². The molecule has 0 bridgehead atoms. The fraction of sp³-hybridized carbons (Fsp3) is 0.308. The van der Waals surface area contributed by atoms with Crippen molar-refractivity contribution >= 4 is 33.2 Å². The van der Waals surface area contributed by atoms with Gasteiger partial charge in [0.1, 0.15) is 0 Å². The zero-order chi connectivity index (χ0) is 13.0. The molecule has 0 saturated heterocycles. The van der Waals surface area contributed by atoms with E-state index in [1.807, 2.05) is 35.1 Å². The van der Waals surface area contributed by atoms with E-state index >= 15 is 0 Å². The van der Waals surface area contributed by atoms with Crippen molar-refractivity contribution in [2.75, 3.05) is 5.32 Å². The Bertz CT molecular complexity index is 525. The van der Waals surface area contributed by atoms with Crippen molar-refractivity contribution in [1.29, 1.82) is 0 Å². The number of rotatable bonds is 5. The summed E-state index contributed by atoms with van der Waals surface area (Å²) in [6.07, 6.45) is 2.92. The Morgan fingerprint density at radius 1 is 1.39 bits per heavy atom. The summed E-state index contributed by atoms with van der Waals surface area (Å²) < 4.78 is 2.93. The summed E-state index contributed by atoms with van der Waals surface area (Å²) in [5.41, 5.74) is 2.22. The molecule has 0 aliphatic carbocycles. The van der Waals surface area contributed by atoms with E-state index < -0.39 is 0 Å². The van der Waals surface area contributed by atoms with Gasteiger partial charge in [-0.15, -0.1) is 0 Å². The molecule has 2 rings (SSSR count). The normalized spacial score (nSPS) is 10.6. The Balaban J connectivity index is 2.02. The van der Waals surface area contributed by atoms with Crippen molar-refractivity contribution in [2.45, 2.75) is 26.4 Å². The molecule has 0 aliphatic rings. The van der Waals surface area contributed by atoms with E-state index in [9.17, 15) is 0 Å². The van der Waals surface area contributed by atoms with Gasteiger partial charge in [0.15, 0.2) is 0 Å². The predicted octanol–water partition coefficient (Wildman–Crippen LogP) is 4.32. The van der Waals surface area contributed by atoms with E-state index in [0.29, 0.717) is 0 Å². The number of anilines is 1. The van der Waals surface area contributed by atoms with Gasteiger partial charge in [0.2, 0.25) is 0 Å². The highest BCUT2D eigenvalue weighted by Crippen LogP contribution is 2.25. The average molecular weight is 329 g/mol. The lowest BCUT2D eigenvalue weighted by Crippen LogP contribution is -2.08. The summed E-state index contributed by atoms with van der Waals surface area (Å²) in [5.74, 6) is 0. The zero-order valence-electron chi connectivity index (χ0n) is 10.2. The molecular weight excluding hydrogens is 314 g/mol. The van der Waals surface area contributed by atoms with Crippen molar-refractivity contribution in [2.24, 2.45) is 0 Å². The second kappa shape index (κ2) is 6.25. The van der Waals surface area contributed by atoms with E-state index in [-0.39, 0.29) is 0 Å². The number of hydrogen-bond donors (Lipinski definition) is 1. The van der Waals surface area contributed by atoms with Crippen LogP contribution in [0.3, 0.4) is 0 Å². The van der Waals surface area contributed by atoms with Gasteiger partial charge in [-0.1, -0.05) is 18.5 Å². The lowest BCUT2D eigenvalue weighted by atomic mass is 10.3. The van der Waals surface area contributed by atoms with Crippen LogP contribution in [-0.2, 0) is 13.1 Å². The topological polar surface area (TPSA) is 29.9 Å². The molecule has 0 spiro atoms. The van der Waals surface area contributed by atoms with Gasteiger partial charge in [0.25, 0.3) is 0 Å². The number of hydrogen-bond acceptors (Lipinski definition) is 2. The van der Waals surface area contributed by atoms with Gasteiger partial charge in [-0.3, -0.25) is 4.68 Å². The number of halogens is 2. The van der Waals surface area contributed by atoms with Crippen LogP contribution < -0.4 is 5.32 Å². The molecule has 0 unspecified atom stereocenters. The quantitative estimate of drug-likeness (QED) is 0.886. The smallest absolute Gasteiger partial charge is 0.0575 e. The van der Waals surface area contributed by atoms with Crippen molar-refractivity contribution in [1.82, 2.24) is 9.78 Å². The molecule has 5 heteroatoms. The number of aryl methyl sites for hydroxylation is 1. The molecule has 0 aliphatic heterocycles. The van der Waals surface area contributed by atoms with Crippen LogP contribution in [0.25, 0.3) is 0 Å². The molecule has 0 saturated carbocycles. The summed E-state index contributed by atoms with van der Waals surface area (Å²) in [4.78, 5) is 0. The van der Waals surface area contributed by atoms with Gasteiger partial charge >= 0.3 is 0 Å². The third kappa shape index (κ3) is 3.27. The van der Waals surface area contributed by atoms with Gasteiger partial charge in [0.05, 0.1) is 17.3 Å². The Kier molecular flexibility index (Phi) is 4.66. The Morgan fingerprint density at radius 2 is 2.22 bits per heavy atom. The number of aromatic nitrogens is 2. The molecule has 0 fully saturated rings. The molecule has 0 radical (unpaired) electrons. The maximum Gasteiger partial charge on any atom is 0.0575 e. The first-order chi connectivity index (χ1) is 8.70. The fourth-order valence-electron chi connectivity index (χ4n) is 1.72. The van der Waals surface area contributed by atoms with Gasteiger partial charge in [-0.25, -0.2) is 0 Å². The van der Waals surface area contributed by atoms with Crippen molar-refractivity contribution in [3.63, 3.8) is 0 Å². The highest BCUT2D eigenvalue weighted by Gasteiger charge is 2.02. The van der Waals surface area contributed by atoms with Crippen molar-refractivity contribution in [3.8, 4) is 0 Å². The predicted molar refractivity (Wildman–Crippen MR) is 79.0 cm³/mol. The molecule has 1 heterocycles. The molecule has 0 amide bonds.